The van der Waals surface area contributed by atoms with Crippen LogP contribution in [0.5, 0.6) is 5.75 Å². The summed E-state index contributed by atoms with van der Waals surface area (Å²) in [5.41, 5.74) is 3.75. The summed E-state index contributed by atoms with van der Waals surface area (Å²) in [4.78, 5) is 32.8. The van der Waals surface area contributed by atoms with E-state index in [1.165, 1.54) is 0 Å². The fraction of sp³-hybridized carbons (Fsp3) is 0.208. The maximum Gasteiger partial charge on any atom is 0.270 e. The Kier molecular flexibility index (Phi) is 6.75. The van der Waals surface area contributed by atoms with Gasteiger partial charge in [-0.05, 0) is 18.6 Å². The molecule has 2 N–H and O–H groups in total. The molecule has 166 valence electrons. The molecule has 9 heteroatoms. The number of amides is 1. The molecule has 1 amide bonds. The van der Waals surface area contributed by atoms with Gasteiger partial charge in [0.1, 0.15) is 24.0 Å². The highest BCUT2D eigenvalue weighted by Crippen LogP contribution is 2.20. The number of ether oxygens (including phenoxy) is 1. The Bertz CT molecular complexity index is 1260. The second-order valence-electron chi connectivity index (χ2n) is 7.36. The molecule has 0 saturated carbocycles. The number of hydrazone groups is 1. The molecule has 0 radical (unpaired) electrons. The molecule has 4 rings (SSSR count). The lowest BCUT2D eigenvalue weighted by atomic mass is 10.1. The van der Waals surface area contributed by atoms with Crippen LogP contribution in [0.2, 0.25) is 0 Å². The van der Waals surface area contributed by atoms with Crippen molar-refractivity contribution in [2.45, 2.75) is 12.8 Å². The summed E-state index contributed by atoms with van der Waals surface area (Å²) >= 11 is 0. The first-order valence-electron chi connectivity index (χ1n) is 10.5. The molecule has 1 fully saturated rings. The van der Waals surface area contributed by atoms with Crippen molar-refractivity contribution in [3.63, 3.8) is 0 Å². The number of rotatable bonds is 8. The van der Waals surface area contributed by atoms with Gasteiger partial charge in [-0.15, -0.1) is 0 Å². The number of anilines is 1. The molecule has 0 bridgehead atoms. The van der Waals surface area contributed by atoms with Gasteiger partial charge in [0.2, 0.25) is 11.9 Å². The van der Waals surface area contributed by atoms with Crippen molar-refractivity contribution in [3.05, 3.63) is 76.1 Å². The number of carbonyl (C=O) groups is 1. The Morgan fingerprint density at radius 2 is 1.97 bits per heavy atom. The van der Waals surface area contributed by atoms with Crippen molar-refractivity contribution in [1.82, 2.24) is 14.9 Å². The third-order valence-corrected chi connectivity index (χ3v) is 5.16. The first kappa shape index (κ1) is 21.8. The van der Waals surface area contributed by atoms with E-state index in [0.717, 1.165) is 18.5 Å². The normalized spacial score (nSPS) is 13.3. The van der Waals surface area contributed by atoms with E-state index >= 15 is 0 Å². The van der Waals surface area contributed by atoms with E-state index in [4.69, 9.17) is 4.74 Å². The van der Waals surface area contributed by atoms with Gasteiger partial charge in [0.05, 0.1) is 18.5 Å². The molecule has 0 aliphatic carbocycles. The van der Waals surface area contributed by atoms with Crippen LogP contribution in [0.4, 0.5) is 5.95 Å². The van der Waals surface area contributed by atoms with Gasteiger partial charge in [-0.25, -0.2) is 10.4 Å². The second-order valence-corrected chi connectivity index (χ2v) is 7.36. The van der Waals surface area contributed by atoms with E-state index in [0.29, 0.717) is 30.9 Å². The van der Waals surface area contributed by atoms with Gasteiger partial charge in [-0.3, -0.25) is 14.6 Å². The lowest BCUT2D eigenvalue weighted by Crippen LogP contribution is -2.29. The number of aromatic amines is 1. The van der Waals surface area contributed by atoms with Crippen molar-refractivity contribution < 1.29 is 9.53 Å². The van der Waals surface area contributed by atoms with Gasteiger partial charge in [0, 0.05) is 24.1 Å². The second kappa shape index (κ2) is 10.2. The van der Waals surface area contributed by atoms with E-state index in [1.807, 2.05) is 36.4 Å². The minimum absolute atomic E-state index is 0.0639. The number of nitriles is 1. The summed E-state index contributed by atoms with van der Waals surface area (Å²) in [5, 5.41) is 13.5. The third kappa shape index (κ3) is 5.25. The number of nitrogens with one attached hydrogen (secondary N) is 2. The van der Waals surface area contributed by atoms with Crippen molar-refractivity contribution in [2.75, 3.05) is 25.1 Å². The number of hydrogen-bond donors (Lipinski definition) is 2. The molecule has 0 atom stereocenters. The van der Waals surface area contributed by atoms with Gasteiger partial charge in [0.15, 0.2) is 0 Å². The van der Waals surface area contributed by atoms with Gasteiger partial charge in [0.25, 0.3) is 5.56 Å². The van der Waals surface area contributed by atoms with Crippen molar-refractivity contribution >= 4 is 18.1 Å². The Balaban J connectivity index is 1.46. The minimum atomic E-state index is -0.552. The molecule has 0 unspecified atom stereocenters. The third-order valence-electron chi connectivity index (χ3n) is 5.16. The van der Waals surface area contributed by atoms with Crippen LogP contribution in [0.25, 0.3) is 11.3 Å². The summed E-state index contributed by atoms with van der Waals surface area (Å²) < 4.78 is 5.85. The van der Waals surface area contributed by atoms with Gasteiger partial charge in [-0.1, -0.05) is 42.5 Å². The highest BCUT2D eigenvalue weighted by atomic mass is 16.5. The minimum Gasteiger partial charge on any atom is -0.491 e. The van der Waals surface area contributed by atoms with Crippen LogP contribution in [0, 0.1) is 11.3 Å². The molecule has 1 aliphatic heterocycles. The summed E-state index contributed by atoms with van der Waals surface area (Å²) in [6.07, 6.45) is 3.05. The van der Waals surface area contributed by atoms with Crippen LogP contribution >= 0.6 is 0 Å². The summed E-state index contributed by atoms with van der Waals surface area (Å²) in [6, 6.07) is 18.3. The monoisotopic (exact) mass is 442 g/mol. The molecule has 9 nitrogen and oxygen atoms in total. The van der Waals surface area contributed by atoms with Crippen LogP contribution in [-0.2, 0) is 4.79 Å². The lowest BCUT2D eigenvalue weighted by Gasteiger charge is -2.16. The molecule has 3 aromatic rings. The fourth-order valence-electron chi connectivity index (χ4n) is 3.52. The SMILES string of the molecule is N#Cc1c(-c2ccccc2)nc(NN=Cc2ccccc2OCCN2CCCC2=O)[nH]c1=O. The van der Waals surface area contributed by atoms with Crippen LogP contribution in [-0.4, -0.2) is 46.7 Å². The number of para-hydroxylation sites is 1. The van der Waals surface area contributed by atoms with E-state index in [-0.39, 0.29) is 23.1 Å². The largest absolute Gasteiger partial charge is 0.491 e. The van der Waals surface area contributed by atoms with E-state index in [9.17, 15) is 14.9 Å². The molecule has 1 aromatic heterocycles. The number of hydrogen-bond acceptors (Lipinski definition) is 7. The first-order chi connectivity index (χ1) is 16.2. The average molecular weight is 442 g/mol. The number of carbonyl (C=O) groups excluding carboxylic acids is 1. The molecular weight excluding hydrogens is 420 g/mol. The highest BCUT2D eigenvalue weighted by Gasteiger charge is 2.19. The molecule has 33 heavy (non-hydrogen) atoms. The van der Waals surface area contributed by atoms with Crippen molar-refractivity contribution in [1.29, 1.82) is 5.26 Å². The maximum absolute atomic E-state index is 12.3. The van der Waals surface area contributed by atoms with Crippen LogP contribution in [0.3, 0.4) is 0 Å². The van der Waals surface area contributed by atoms with Gasteiger partial charge >= 0.3 is 0 Å². The van der Waals surface area contributed by atoms with Crippen molar-refractivity contribution in [2.24, 2.45) is 5.10 Å². The van der Waals surface area contributed by atoms with E-state index < -0.39 is 5.56 Å². The quantitative estimate of drug-likeness (QED) is 0.408. The predicted molar refractivity (Wildman–Crippen MR) is 124 cm³/mol. The molecule has 2 heterocycles. The zero-order valence-electron chi connectivity index (χ0n) is 17.8. The van der Waals surface area contributed by atoms with Crippen molar-refractivity contribution in [3.8, 4) is 23.1 Å². The van der Waals surface area contributed by atoms with Gasteiger partial charge < -0.3 is 9.64 Å². The Morgan fingerprint density at radius 1 is 1.18 bits per heavy atom. The Labute approximate surface area is 190 Å². The first-order valence-corrected chi connectivity index (χ1v) is 10.5. The zero-order valence-corrected chi connectivity index (χ0v) is 17.8. The lowest BCUT2D eigenvalue weighted by molar-refractivity contribution is -0.128. The van der Waals surface area contributed by atoms with Crippen LogP contribution in [0.1, 0.15) is 24.0 Å². The summed E-state index contributed by atoms with van der Waals surface area (Å²) in [7, 11) is 0. The molecule has 2 aromatic carbocycles. The Hall–Kier alpha value is -4.45. The maximum atomic E-state index is 12.3. The van der Waals surface area contributed by atoms with Gasteiger partial charge in [-0.2, -0.15) is 10.4 Å². The standard InChI is InChI=1S/C24H22N6O3/c25-15-19-22(17-7-2-1-3-8-17)27-24(28-23(19)32)29-26-16-18-9-4-5-10-20(18)33-14-13-30-12-6-11-21(30)31/h1-5,7-10,16H,6,11-14H2,(H2,27,28,29,32). The molecule has 0 spiro atoms. The zero-order chi connectivity index (χ0) is 23.0. The number of H-pyrrole nitrogens is 1. The average Bonchev–Trinajstić information content (AvgIpc) is 3.25. The van der Waals surface area contributed by atoms with E-state index in [1.54, 1.807) is 35.4 Å². The number of aromatic nitrogens is 2. The van der Waals surface area contributed by atoms with E-state index in [2.05, 4.69) is 20.5 Å². The van der Waals surface area contributed by atoms with Crippen LogP contribution in [0.15, 0.2) is 64.5 Å². The van der Waals surface area contributed by atoms with Crippen LogP contribution < -0.4 is 15.7 Å². The summed E-state index contributed by atoms with van der Waals surface area (Å²) in [6.45, 7) is 1.70. The molecular formula is C24H22N6O3. The fourth-order valence-corrected chi connectivity index (χ4v) is 3.52. The predicted octanol–water partition coefficient (Wildman–Crippen LogP) is 2.76. The number of nitrogens with zero attached hydrogens (tertiary/aromatic N) is 4. The Morgan fingerprint density at radius 3 is 2.73 bits per heavy atom. The topological polar surface area (TPSA) is 123 Å². The highest BCUT2D eigenvalue weighted by molar-refractivity contribution is 5.84. The molecule has 1 aliphatic rings. The molecule has 1 saturated heterocycles. The number of benzene rings is 2. The smallest absolute Gasteiger partial charge is 0.270 e. The number of likely N-dealkylation sites (tertiary alicyclic amines) is 1. The summed E-state index contributed by atoms with van der Waals surface area (Å²) in [5.74, 6) is 0.900.